The van der Waals surface area contributed by atoms with E-state index in [1.165, 1.54) is 48.4 Å². The van der Waals surface area contributed by atoms with Crippen molar-refractivity contribution >= 4 is 38.8 Å². The van der Waals surface area contributed by atoms with Crippen molar-refractivity contribution in [3.05, 3.63) is 113 Å². The van der Waals surface area contributed by atoms with E-state index in [2.05, 4.69) is 123 Å². The van der Waals surface area contributed by atoms with Gasteiger partial charge < -0.3 is 5.32 Å². The number of benzene rings is 3. The molecule has 0 aliphatic rings. The maximum Gasteiger partial charge on any atom is 0.0417 e. The second-order valence-electron chi connectivity index (χ2n) is 8.19. The van der Waals surface area contributed by atoms with Gasteiger partial charge in [0.25, 0.3) is 0 Å². The predicted octanol–water partition coefficient (Wildman–Crippen LogP) is 9.24. The molecule has 2 heteroatoms. The second-order valence-corrected chi connectivity index (χ2v) is 9.27. The minimum Gasteiger partial charge on any atom is -0.388 e. The predicted molar refractivity (Wildman–Crippen MR) is 149 cm³/mol. The third kappa shape index (κ3) is 4.86. The van der Waals surface area contributed by atoms with Crippen molar-refractivity contribution in [3.63, 3.8) is 0 Å². The van der Waals surface area contributed by atoms with Crippen LogP contribution in [0.15, 0.2) is 96.6 Å². The monoisotopic (exact) mass is 449 g/mol. The molecule has 1 heterocycles. The van der Waals surface area contributed by atoms with E-state index < -0.39 is 0 Å². The molecular weight excluding hydrogens is 418 g/mol. The van der Waals surface area contributed by atoms with E-state index in [4.69, 9.17) is 0 Å². The molecule has 1 nitrogen and oxygen atoms in total. The Morgan fingerprint density at radius 1 is 0.909 bits per heavy atom. The summed E-state index contributed by atoms with van der Waals surface area (Å²) in [7, 11) is 1.99. The molecule has 0 amide bonds. The smallest absolute Gasteiger partial charge is 0.0417 e. The second kappa shape index (κ2) is 10.5. The summed E-state index contributed by atoms with van der Waals surface area (Å²) in [5, 5.41) is 4.73. The average Bonchev–Trinajstić information content (AvgIpc) is 3.19. The molecule has 0 bridgehead atoms. The van der Waals surface area contributed by atoms with E-state index in [1.807, 2.05) is 18.4 Å². The molecule has 4 aromatic rings. The number of hydrogen-bond donors (Lipinski definition) is 1. The Labute approximate surface area is 201 Å². The van der Waals surface area contributed by atoms with Crippen LogP contribution in [-0.2, 0) is 6.42 Å². The molecule has 0 fully saturated rings. The number of nitrogens with one attached hydrogen (secondary N) is 1. The SMILES string of the molecule is C/C=C\C(=C(/C)Cc1c(/C=C\C)sc2ccccc12)c1ccc(NC)c(-c2ccccc2)c1. The maximum absolute atomic E-state index is 3.36. The quantitative estimate of drug-likeness (QED) is 0.277. The fourth-order valence-electron chi connectivity index (χ4n) is 4.38. The summed E-state index contributed by atoms with van der Waals surface area (Å²) in [5.74, 6) is 0. The van der Waals surface area contributed by atoms with Gasteiger partial charge in [-0.25, -0.2) is 0 Å². The molecule has 1 N–H and O–H groups in total. The first-order valence-corrected chi connectivity index (χ1v) is 12.3. The molecule has 4 rings (SSSR count). The van der Waals surface area contributed by atoms with Crippen LogP contribution in [0.3, 0.4) is 0 Å². The number of hydrogen-bond acceptors (Lipinski definition) is 2. The third-order valence-electron chi connectivity index (χ3n) is 5.97. The van der Waals surface area contributed by atoms with E-state index in [1.54, 1.807) is 0 Å². The van der Waals surface area contributed by atoms with Crippen molar-refractivity contribution in [3.8, 4) is 11.1 Å². The summed E-state index contributed by atoms with van der Waals surface area (Å²) in [6.07, 6.45) is 9.71. The highest BCUT2D eigenvalue weighted by Gasteiger charge is 2.14. The standard InChI is InChI=1S/C31H31NS/c1-5-12-25(24-18-19-29(32-4)27(21-24)23-14-8-7-9-15-23)22(3)20-28-26-16-10-11-17-31(26)33-30(28)13-6-2/h5-19,21,32H,20H2,1-4H3/b12-5-,13-6-,25-22-. The molecule has 0 aliphatic carbocycles. The summed E-state index contributed by atoms with van der Waals surface area (Å²) in [5.41, 5.74) is 8.92. The molecule has 0 radical (unpaired) electrons. The van der Waals surface area contributed by atoms with Crippen LogP contribution in [-0.4, -0.2) is 7.05 Å². The highest BCUT2D eigenvalue weighted by atomic mass is 32.1. The van der Waals surface area contributed by atoms with Gasteiger partial charge >= 0.3 is 0 Å². The van der Waals surface area contributed by atoms with Gasteiger partial charge in [-0.3, -0.25) is 0 Å². The third-order valence-corrected chi connectivity index (χ3v) is 7.15. The Kier molecular flexibility index (Phi) is 7.26. The molecule has 0 unspecified atom stereocenters. The van der Waals surface area contributed by atoms with Gasteiger partial charge in [-0.05, 0) is 79.1 Å². The Hall–Kier alpha value is -3.36. The van der Waals surface area contributed by atoms with Crippen LogP contribution in [0.4, 0.5) is 5.69 Å². The summed E-state index contributed by atoms with van der Waals surface area (Å²) in [6, 6.07) is 26.1. The summed E-state index contributed by atoms with van der Waals surface area (Å²) in [4.78, 5) is 1.35. The number of anilines is 1. The van der Waals surface area contributed by atoms with E-state index in [9.17, 15) is 0 Å². The van der Waals surface area contributed by atoms with E-state index >= 15 is 0 Å². The van der Waals surface area contributed by atoms with E-state index in [0.717, 1.165) is 12.1 Å². The number of thiophene rings is 1. The zero-order valence-electron chi connectivity index (χ0n) is 19.9. The van der Waals surface area contributed by atoms with Crippen molar-refractivity contribution in [2.45, 2.75) is 27.2 Å². The van der Waals surface area contributed by atoms with Crippen LogP contribution in [0.25, 0.3) is 32.9 Å². The average molecular weight is 450 g/mol. The van der Waals surface area contributed by atoms with Gasteiger partial charge in [0.05, 0.1) is 0 Å². The molecular formula is C31H31NS. The highest BCUT2D eigenvalue weighted by molar-refractivity contribution is 7.20. The molecule has 0 spiro atoms. The van der Waals surface area contributed by atoms with Crippen LogP contribution < -0.4 is 5.32 Å². The summed E-state index contributed by atoms with van der Waals surface area (Å²) in [6.45, 7) is 6.46. The van der Waals surface area contributed by atoms with Crippen LogP contribution in [0.5, 0.6) is 0 Å². The Morgan fingerprint density at radius 2 is 1.67 bits per heavy atom. The summed E-state index contributed by atoms with van der Waals surface area (Å²) >= 11 is 1.88. The molecule has 3 aromatic carbocycles. The number of allylic oxidation sites excluding steroid dienone is 5. The zero-order chi connectivity index (χ0) is 23.2. The first-order chi connectivity index (χ1) is 16.2. The van der Waals surface area contributed by atoms with Gasteiger partial charge in [0.2, 0.25) is 0 Å². The van der Waals surface area contributed by atoms with Gasteiger partial charge in [-0.1, -0.05) is 78.4 Å². The molecule has 33 heavy (non-hydrogen) atoms. The van der Waals surface area contributed by atoms with Crippen LogP contribution >= 0.6 is 11.3 Å². The van der Waals surface area contributed by atoms with Crippen LogP contribution in [0, 0.1) is 0 Å². The first kappa shape index (κ1) is 22.8. The van der Waals surface area contributed by atoms with Crippen molar-refractivity contribution in [1.29, 1.82) is 0 Å². The van der Waals surface area contributed by atoms with Crippen molar-refractivity contribution in [2.75, 3.05) is 12.4 Å². The fraction of sp³-hybridized carbons (Fsp3) is 0.161. The molecule has 1 aromatic heterocycles. The van der Waals surface area contributed by atoms with Gasteiger partial charge in [0, 0.05) is 27.9 Å². The van der Waals surface area contributed by atoms with Gasteiger partial charge in [-0.15, -0.1) is 11.3 Å². The zero-order valence-corrected chi connectivity index (χ0v) is 20.7. The van der Waals surface area contributed by atoms with Crippen LogP contribution in [0.1, 0.15) is 36.8 Å². The first-order valence-electron chi connectivity index (χ1n) is 11.5. The van der Waals surface area contributed by atoms with E-state index in [0.29, 0.717) is 0 Å². The molecule has 0 saturated carbocycles. The normalized spacial score (nSPS) is 12.6. The minimum absolute atomic E-state index is 0.928. The maximum atomic E-state index is 3.36. The lowest BCUT2D eigenvalue weighted by atomic mass is 9.92. The lowest BCUT2D eigenvalue weighted by Gasteiger charge is -2.15. The molecule has 0 atom stereocenters. The summed E-state index contributed by atoms with van der Waals surface area (Å²) < 4.78 is 1.35. The van der Waals surface area contributed by atoms with Crippen molar-refractivity contribution in [1.82, 2.24) is 0 Å². The Morgan fingerprint density at radius 3 is 2.39 bits per heavy atom. The Balaban J connectivity index is 1.83. The minimum atomic E-state index is 0.928. The molecule has 166 valence electrons. The van der Waals surface area contributed by atoms with Gasteiger partial charge in [0.15, 0.2) is 0 Å². The molecule has 0 aliphatic heterocycles. The highest BCUT2D eigenvalue weighted by Crippen LogP contribution is 2.37. The van der Waals surface area contributed by atoms with Crippen molar-refractivity contribution < 1.29 is 0 Å². The largest absolute Gasteiger partial charge is 0.388 e. The lowest BCUT2D eigenvalue weighted by Crippen LogP contribution is -1.96. The van der Waals surface area contributed by atoms with Gasteiger partial charge in [-0.2, -0.15) is 0 Å². The van der Waals surface area contributed by atoms with E-state index in [-0.39, 0.29) is 0 Å². The van der Waals surface area contributed by atoms with Crippen LogP contribution in [0.2, 0.25) is 0 Å². The van der Waals surface area contributed by atoms with Gasteiger partial charge in [0.1, 0.15) is 0 Å². The lowest BCUT2D eigenvalue weighted by molar-refractivity contribution is 1.17. The number of rotatable bonds is 7. The van der Waals surface area contributed by atoms with Crippen molar-refractivity contribution in [2.24, 2.45) is 0 Å². The Bertz CT molecular complexity index is 1340. The molecule has 0 saturated heterocycles. The topological polar surface area (TPSA) is 12.0 Å². The number of fused-ring (bicyclic) bond motifs is 1. The fourth-order valence-corrected chi connectivity index (χ4v) is 5.58.